The van der Waals surface area contributed by atoms with E-state index in [4.69, 9.17) is 5.11 Å². The molecule has 1 saturated heterocycles. The van der Waals surface area contributed by atoms with E-state index < -0.39 is 5.97 Å². The van der Waals surface area contributed by atoms with Crippen molar-refractivity contribution in [2.45, 2.75) is 18.6 Å². The molecule has 1 amide bonds. The second-order valence-electron chi connectivity index (χ2n) is 4.02. The van der Waals surface area contributed by atoms with E-state index in [1.165, 1.54) is 24.0 Å². The van der Waals surface area contributed by atoms with Gasteiger partial charge in [-0.15, -0.1) is 10.2 Å². The van der Waals surface area contributed by atoms with Crippen LogP contribution in [0.4, 0.5) is 5.82 Å². The van der Waals surface area contributed by atoms with Crippen molar-refractivity contribution in [3.05, 3.63) is 17.8 Å². The Kier molecular flexibility index (Phi) is 3.79. The number of nitrogens with zero attached hydrogens (tertiary/aromatic N) is 3. The van der Waals surface area contributed by atoms with Crippen molar-refractivity contribution in [3.8, 4) is 0 Å². The van der Waals surface area contributed by atoms with Gasteiger partial charge in [-0.05, 0) is 12.1 Å². The first-order chi connectivity index (χ1) is 8.97. The lowest BCUT2D eigenvalue weighted by atomic mass is 10.4. The third kappa shape index (κ3) is 3.08. The number of carboxylic acid groups (broad SMARTS) is 1. The smallest absolute Gasteiger partial charge is 0.356 e. The molecule has 2 rings (SSSR count). The lowest BCUT2D eigenvalue weighted by molar-refractivity contribution is -0.117. The SMILES string of the molecule is CC(=O)SC1CC(=O)N(c2ccc(C(=O)O)nn2)C1. The Morgan fingerprint density at radius 2 is 2.16 bits per heavy atom. The number of hydrogen-bond acceptors (Lipinski definition) is 6. The first-order valence-electron chi connectivity index (χ1n) is 5.52. The van der Waals surface area contributed by atoms with Gasteiger partial charge in [0.25, 0.3) is 0 Å². The largest absolute Gasteiger partial charge is 0.476 e. The van der Waals surface area contributed by atoms with Crippen LogP contribution >= 0.6 is 11.8 Å². The van der Waals surface area contributed by atoms with Crippen LogP contribution in [0.1, 0.15) is 23.8 Å². The van der Waals surface area contributed by atoms with Crippen molar-refractivity contribution < 1.29 is 19.5 Å². The number of aromatic carboxylic acids is 1. The van der Waals surface area contributed by atoms with Crippen molar-refractivity contribution in [1.29, 1.82) is 0 Å². The number of rotatable bonds is 3. The van der Waals surface area contributed by atoms with E-state index in [0.29, 0.717) is 12.4 Å². The van der Waals surface area contributed by atoms with E-state index in [2.05, 4.69) is 10.2 Å². The van der Waals surface area contributed by atoms with Gasteiger partial charge in [-0.2, -0.15) is 0 Å². The molecule has 1 unspecified atom stereocenters. The molecule has 2 heterocycles. The lowest BCUT2D eigenvalue weighted by Gasteiger charge is -2.14. The summed E-state index contributed by atoms with van der Waals surface area (Å²) in [7, 11) is 0. The standard InChI is InChI=1S/C11H11N3O4S/c1-6(15)19-7-4-10(16)14(5-7)9-3-2-8(11(17)18)12-13-9/h2-3,7H,4-5H2,1H3,(H,17,18). The van der Waals surface area contributed by atoms with Crippen LogP contribution in [0.25, 0.3) is 0 Å². The summed E-state index contributed by atoms with van der Waals surface area (Å²) in [5, 5.41) is 15.8. The van der Waals surface area contributed by atoms with Gasteiger partial charge in [-0.3, -0.25) is 14.5 Å². The molecule has 0 radical (unpaired) electrons. The molecule has 0 aromatic carbocycles. The molecule has 7 nitrogen and oxygen atoms in total. The number of aromatic nitrogens is 2. The minimum atomic E-state index is -1.17. The number of carbonyl (C=O) groups excluding carboxylic acids is 2. The summed E-state index contributed by atoms with van der Waals surface area (Å²) in [5.41, 5.74) is -0.176. The summed E-state index contributed by atoms with van der Waals surface area (Å²) in [5.74, 6) is -1.01. The number of amides is 1. The molecule has 8 heteroatoms. The van der Waals surface area contributed by atoms with Gasteiger partial charge in [0.05, 0.1) is 0 Å². The number of thioether (sulfide) groups is 1. The molecule has 1 fully saturated rings. The molecule has 0 spiro atoms. The Morgan fingerprint density at radius 1 is 1.42 bits per heavy atom. The maximum atomic E-state index is 11.8. The van der Waals surface area contributed by atoms with Gasteiger partial charge in [0, 0.05) is 25.1 Å². The summed E-state index contributed by atoms with van der Waals surface area (Å²) in [6.45, 7) is 1.84. The molecule has 1 N–H and O–H groups in total. The Balaban J connectivity index is 2.11. The number of carboxylic acids is 1. The predicted molar refractivity (Wildman–Crippen MR) is 68.0 cm³/mol. The zero-order valence-electron chi connectivity index (χ0n) is 10.1. The first kappa shape index (κ1) is 13.5. The molecule has 0 bridgehead atoms. The molecule has 0 aliphatic carbocycles. The highest BCUT2D eigenvalue weighted by Gasteiger charge is 2.32. The van der Waals surface area contributed by atoms with Gasteiger partial charge in [0.15, 0.2) is 16.6 Å². The van der Waals surface area contributed by atoms with Crippen molar-refractivity contribution in [2.75, 3.05) is 11.4 Å². The molecule has 100 valence electrons. The highest BCUT2D eigenvalue weighted by molar-refractivity contribution is 8.14. The topological polar surface area (TPSA) is 100 Å². The minimum Gasteiger partial charge on any atom is -0.476 e. The van der Waals surface area contributed by atoms with E-state index in [-0.39, 0.29) is 28.4 Å². The first-order valence-corrected chi connectivity index (χ1v) is 6.40. The summed E-state index contributed by atoms with van der Waals surface area (Å²) >= 11 is 1.13. The van der Waals surface area contributed by atoms with Gasteiger partial charge in [0.1, 0.15) is 0 Å². The third-order valence-electron chi connectivity index (χ3n) is 2.57. The number of carbonyl (C=O) groups is 3. The van der Waals surface area contributed by atoms with Gasteiger partial charge in [-0.25, -0.2) is 4.79 Å². The van der Waals surface area contributed by atoms with Crippen LogP contribution in [-0.2, 0) is 9.59 Å². The average molecular weight is 281 g/mol. The predicted octanol–water partition coefficient (Wildman–Crippen LogP) is 0.560. The monoisotopic (exact) mass is 281 g/mol. The third-order valence-corrected chi connectivity index (χ3v) is 3.55. The Hall–Kier alpha value is -1.96. The van der Waals surface area contributed by atoms with E-state index in [9.17, 15) is 14.4 Å². The van der Waals surface area contributed by atoms with Gasteiger partial charge in [-0.1, -0.05) is 11.8 Å². The molecule has 1 aromatic heterocycles. The Labute approximate surface area is 113 Å². The van der Waals surface area contributed by atoms with E-state index in [1.807, 2.05) is 0 Å². The van der Waals surface area contributed by atoms with Gasteiger partial charge >= 0.3 is 5.97 Å². The molecule has 19 heavy (non-hydrogen) atoms. The van der Waals surface area contributed by atoms with Gasteiger partial charge in [0.2, 0.25) is 5.91 Å². The highest BCUT2D eigenvalue weighted by Crippen LogP contribution is 2.27. The van der Waals surface area contributed by atoms with Crippen molar-refractivity contribution in [3.63, 3.8) is 0 Å². The minimum absolute atomic E-state index is 0.0352. The van der Waals surface area contributed by atoms with E-state index in [0.717, 1.165) is 11.8 Å². The fourth-order valence-electron chi connectivity index (χ4n) is 1.79. The second kappa shape index (κ2) is 5.35. The molecule has 1 aromatic rings. The maximum absolute atomic E-state index is 11.8. The van der Waals surface area contributed by atoms with E-state index in [1.54, 1.807) is 0 Å². The molecule has 1 aliphatic heterocycles. The van der Waals surface area contributed by atoms with Gasteiger partial charge < -0.3 is 5.11 Å². The maximum Gasteiger partial charge on any atom is 0.356 e. The summed E-state index contributed by atoms with van der Waals surface area (Å²) in [6, 6.07) is 2.73. The summed E-state index contributed by atoms with van der Waals surface area (Å²) in [6.07, 6.45) is 0.270. The van der Waals surface area contributed by atoms with Crippen molar-refractivity contribution >= 4 is 34.6 Å². The quantitative estimate of drug-likeness (QED) is 0.863. The van der Waals surface area contributed by atoms with Crippen molar-refractivity contribution in [1.82, 2.24) is 10.2 Å². The van der Waals surface area contributed by atoms with Crippen LogP contribution in [0.3, 0.4) is 0 Å². The summed E-state index contributed by atoms with van der Waals surface area (Å²) < 4.78 is 0. The molecule has 1 aliphatic rings. The van der Waals surface area contributed by atoms with Crippen LogP contribution in [0.5, 0.6) is 0 Å². The Morgan fingerprint density at radius 3 is 2.68 bits per heavy atom. The van der Waals surface area contributed by atoms with Crippen LogP contribution in [0, 0.1) is 0 Å². The lowest BCUT2D eigenvalue weighted by Crippen LogP contribution is -2.26. The fourth-order valence-corrected chi connectivity index (χ4v) is 2.71. The second-order valence-corrected chi connectivity index (χ2v) is 5.50. The van der Waals surface area contributed by atoms with Crippen LogP contribution in [-0.4, -0.2) is 44.1 Å². The zero-order chi connectivity index (χ0) is 14.0. The number of anilines is 1. The number of hydrogen-bond donors (Lipinski definition) is 1. The van der Waals surface area contributed by atoms with E-state index >= 15 is 0 Å². The average Bonchev–Trinajstić information content (AvgIpc) is 2.69. The molecule has 1 atom stereocenters. The molecular weight excluding hydrogens is 270 g/mol. The van der Waals surface area contributed by atoms with Crippen molar-refractivity contribution in [2.24, 2.45) is 0 Å². The van der Waals surface area contributed by atoms with Crippen LogP contribution < -0.4 is 4.90 Å². The fraction of sp³-hybridized carbons (Fsp3) is 0.364. The summed E-state index contributed by atoms with van der Waals surface area (Å²) in [4.78, 5) is 34.9. The Bertz CT molecular complexity index is 531. The zero-order valence-corrected chi connectivity index (χ0v) is 10.9. The van der Waals surface area contributed by atoms with Crippen LogP contribution in [0.2, 0.25) is 0 Å². The normalized spacial score (nSPS) is 18.7. The highest BCUT2D eigenvalue weighted by atomic mass is 32.2. The molecule has 0 saturated carbocycles. The molecular formula is C11H11N3O4S. The van der Waals surface area contributed by atoms with Crippen LogP contribution in [0.15, 0.2) is 12.1 Å².